The molecule has 2 atom stereocenters. The summed E-state index contributed by atoms with van der Waals surface area (Å²) in [4.78, 5) is 14.5. The summed E-state index contributed by atoms with van der Waals surface area (Å²) in [5.74, 6) is 0.645. The Hall–Kier alpha value is -1.35. The first-order valence-electron chi connectivity index (χ1n) is 6.36. The highest BCUT2D eigenvalue weighted by molar-refractivity contribution is 6.03. The lowest BCUT2D eigenvalue weighted by Crippen LogP contribution is -2.50. The fourth-order valence-corrected chi connectivity index (χ4v) is 3.17. The molecule has 0 unspecified atom stereocenters. The molecule has 0 bridgehead atoms. The Morgan fingerprint density at radius 1 is 1.35 bits per heavy atom. The summed E-state index contributed by atoms with van der Waals surface area (Å²) in [6.45, 7) is 3.98. The first-order chi connectivity index (χ1) is 8.24. The van der Waals surface area contributed by atoms with Gasteiger partial charge in [0.2, 0.25) is 5.91 Å². The van der Waals surface area contributed by atoms with Crippen LogP contribution in [0.3, 0.4) is 0 Å². The molecule has 0 saturated carbocycles. The van der Waals surface area contributed by atoms with E-state index in [9.17, 15) is 4.79 Å². The SMILES string of the molecule is C[C@H]1CN(c2ccccc2)C(=O)[C@]12CCCN2. The second-order valence-electron chi connectivity index (χ2n) is 5.15. The number of nitrogens with one attached hydrogen (secondary N) is 1. The maximum atomic E-state index is 12.6. The molecule has 3 rings (SSSR count). The Morgan fingerprint density at radius 2 is 2.12 bits per heavy atom. The van der Waals surface area contributed by atoms with Crippen molar-refractivity contribution in [1.29, 1.82) is 0 Å². The normalized spacial score (nSPS) is 32.6. The average Bonchev–Trinajstić information content (AvgIpc) is 2.94. The van der Waals surface area contributed by atoms with Crippen LogP contribution in [0, 0.1) is 5.92 Å². The van der Waals surface area contributed by atoms with Crippen LogP contribution >= 0.6 is 0 Å². The molecule has 3 nitrogen and oxygen atoms in total. The number of carbonyl (C=O) groups is 1. The van der Waals surface area contributed by atoms with Crippen LogP contribution in [0.25, 0.3) is 0 Å². The molecule has 2 saturated heterocycles. The Bertz CT molecular complexity index is 423. The van der Waals surface area contributed by atoms with Crippen molar-refractivity contribution in [3.05, 3.63) is 30.3 Å². The number of hydrogen-bond acceptors (Lipinski definition) is 2. The van der Waals surface area contributed by atoms with Crippen LogP contribution in [-0.4, -0.2) is 24.5 Å². The molecule has 2 aliphatic heterocycles. The van der Waals surface area contributed by atoms with Crippen LogP contribution in [0.1, 0.15) is 19.8 Å². The molecule has 0 aliphatic carbocycles. The van der Waals surface area contributed by atoms with Crippen LogP contribution in [0.5, 0.6) is 0 Å². The van der Waals surface area contributed by atoms with Crippen molar-refractivity contribution >= 4 is 11.6 Å². The van der Waals surface area contributed by atoms with Gasteiger partial charge in [-0.25, -0.2) is 0 Å². The third kappa shape index (κ3) is 1.49. The highest BCUT2D eigenvalue weighted by atomic mass is 16.2. The van der Waals surface area contributed by atoms with Gasteiger partial charge in [0.05, 0.1) is 0 Å². The third-order valence-electron chi connectivity index (χ3n) is 4.18. The zero-order valence-electron chi connectivity index (χ0n) is 10.1. The van der Waals surface area contributed by atoms with E-state index in [-0.39, 0.29) is 11.4 Å². The van der Waals surface area contributed by atoms with Crippen molar-refractivity contribution in [2.24, 2.45) is 5.92 Å². The third-order valence-corrected chi connectivity index (χ3v) is 4.18. The largest absolute Gasteiger partial charge is 0.310 e. The van der Waals surface area contributed by atoms with Crippen molar-refractivity contribution in [2.75, 3.05) is 18.0 Å². The molecule has 0 radical (unpaired) electrons. The minimum absolute atomic E-state index is 0.258. The molecule has 1 aromatic carbocycles. The molecule has 17 heavy (non-hydrogen) atoms. The number of anilines is 1. The minimum atomic E-state index is -0.282. The Labute approximate surface area is 102 Å². The van der Waals surface area contributed by atoms with E-state index in [1.165, 1.54) is 0 Å². The predicted molar refractivity (Wildman–Crippen MR) is 67.9 cm³/mol. The van der Waals surface area contributed by atoms with Crippen LogP contribution in [0.15, 0.2) is 30.3 Å². The summed E-state index contributed by atoms with van der Waals surface area (Å²) in [5.41, 5.74) is 0.741. The topological polar surface area (TPSA) is 32.3 Å². The summed E-state index contributed by atoms with van der Waals surface area (Å²) >= 11 is 0. The zero-order valence-corrected chi connectivity index (χ0v) is 10.1. The molecule has 1 amide bonds. The van der Waals surface area contributed by atoms with Gasteiger partial charge >= 0.3 is 0 Å². The van der Waals surface area contributed by atoms with Crippen molar-refractivity contribution in [3.63, 3.8) is 0 Å². The van der Waals surface area contributed by atoms with E-state index < -0.39 is 0 Å². The molecule has 1 N–H and O–H groups in total. The fraction of sp³-hybridized carbons (Fsp3) is 0.500. The summed E-state index contributed by atoms with van der Waals surface area (Å²) in [5, 5.41) is 3.44. The second kappa shape index (κ2) is 3.84. The van der Waals surface area contributed by atoms with Gasteiger partial charge < -0.3 is 10.2 Å². The highest BCUT2D eigenvalue weighted by Crippen LogP contribution is 2.38. The molecule has 1 aromatic rings. The Kier molecular flexibility index (Phi) is 2.44. The molecule has 2 heterocycles. The predicted octanol–water partition coefficient (Wildman–Crippen LogP) is 1.79. The number of hydrogen-bond donors (Lipinski definition) is 1. The van der Waals surface area contributed by atoms with Crippen molar-refractivity contribution in [2.45, 2.75) is 25.3 Å². The second-order valence-corrected chi connectivity index (χ2v) is 5.15. The lowest BCUT2D eigenvalue weighted by Gasteiger charge is -2.26. The van der Waals surface area contributed by atoms with Crippen molar-refractivity contribution in [3.8, 4) is 0 Å². The van der Waals surface area contributed by atoms with Crippen LogP contribution in [0.2, 0.25) is 0 Å². The lowest BCUT2D eigenvalue weighted by atomic mass is 9.86. The monoisotopic (exact) mass is 230 g/mol. The molecule has 90 valence electrons. The molecule has 2 fully saturated rings. The lowest BCUT2D eigenvalue weighted by molar-refractivity contribution is -0.122. The van der Waals surface area contributed by atoms with Gasteiger partial charge in [-0.15, -0.1) is 0 Å². The Morgan fingerprint density at radius 3 is 2.76 bits per heavy atom. The van der Waals surface area contributed by atoms with E-state index in [0.717, 1.165) is 31.6 Å². The maximum Gasteiger partial charge on any atom is 0.247 e. The quantitative estimate of drug-likeness (QED) is 0.797. The molecule has 0 aromatic heterocycles. The fourth-order valence-electron chi connectivity index (χ4n) is 3.17. The standard InChI is InChI=1S/C14H18N2O/c1-11-10-16(12-6-3-2-4-7-12)13(17)14(11)8-5-9-15-14/h2-4,6-7,11,15H,5,8-10H2,1H3/t11-,14-/m0/s1. The van der Waals surface area contributed by atoms with Crippen LogP contribution in [0.4, 0.5) is 5.69 Å². The van der Waals surface area contributed by atoms with E-state index in [2.05, 4.69) is 12.2 Å². The maximum absolute atomic E-state index is 12.6. The van der Waals surface area contributed by atoms with Gasteiger partial charge in [-0.2, -0.15) is 0 Å². The van der Waals surface area contributed by atoms with Crippen molar-refractivity contribution < 1.29 is 4.79 Å². The summed E-state index contributed by atoms with van der Waals surface area (Å²) < 4.78 is 0. The van der Waals surface area contributed by atoms with Gasteiger partial charge in [-0.1, -0.05) is 25.1 Å². The van der Waals surface area contributed by atoms with Gasteiger partial charge in [0.15, 0.2) is 0 Å². The number of carbonyl (C=O) groups excluding carboxylic acids is 1. The molecular formula is C14H18N2O. The number of nitrogens with zero attached hydrogens (tertiary/aromatic N) is 1. The summed E-state index contributed by atoms with van der Waals surface area (Å²) in [7, 11) is 0. The number of benzene rings is 1. The minimum Gasteiger partial charge on any atom is -0.310 e. The zero-order chi connectivity index (χ0) is 11.9. The molecule has 2 aliphatic rings. The smallest absolute Gasteiger partial charge is 0.247 e. The summed E-state index contributed by atoms with van der Waals surface area (Å²) in [6.07, 6.45) is 2.09. The van der Waals surface area contributed by atoms with E-state index in [1.807, 2.05) is 35.2 Å². The summed E-state index contributed by atoms with van der Waals surface area (Å²) in [6, 6.07) is 9.98. The first-order valence-corrected chi connectivity index (χ1v) is 6.36. The average molecular weight is 230 g/mol. The van der Waals surface area contributed by atoms with Gasteiger partial charge in [0.1, 0.15) is 5.54 Å². The van der Waals surface area contributed by atoms with E-state index in [1.54, 1.807) is 0 Å². The van der Waals surface area contributed by atoms with Gasteiger partial charge in [-0.05, 0) is 31.5 Å². The van der Waals surface area contributed by atoms with E-state index in [0.29, 0.717) is 5.92 Å². The number of rotatable bonds is 1. The number of para-hydroxylation sites is 1. The van der Waals surface area contributed by atoms with E-state index in [4.69, 9.17) is 0 Å². The van der Waals surface area contributed by atoms with Gasteiger partial charge in [0, 0.05) is 18.2 Å². The van der Waals surface area contributed by atoms with Crippen LogP contribution in [-0.2, 0) is 4.79 Å². The Balaban J connectivity index is 1.93. The molecule has 3 heteroatoms. The van der Waals surface area contributed by atoms with Crippen LogP contribution < -0.4 is 10.2 Å². The number of amides is 1. The van der Waals surface area contributed by atoms with E-state index >= 15 is 0 Å². The highest BCUT2D eigenvalue weighted by Gasteiger charge is 2.53. The van der Waals surface area contributed by atoms with Crippen molar-refractivity contribution in [1.82, 2.24) is 5.32 Å². The molecule has 1 spiro atoms. The van der Waals surface area contributed by atoms with Gasteiger partial charge in [-0.3, -0.25) is 4.79 Å². The molecular weight excluding hydrogens is 212 g/mol. The first kappa shape index (κ1) is 10.8. The van der Waals surface area contributed by atoms with Gasteiger partial charge in [0.25, 0.3) is 0 Å².